The van der Waals surface area contributed by atoms with Gasteiger partial charge in [-0.15, -0.1) is 23.1 Å². The molecular weight excluding hydrogens is 316 g/mol. The van der Waals surface area contributed by atoms with Crippen molar-refractivity contribution < 1.29 is 5.11 Å². The van der Waals surface area contributed by atoms with Gasteiger partial charge in [0.2, 0.25) is 0 Å². The van der Waals surface area contributed by atoms with Gasteiger partial charge in [0.15, 0.2) is 0 Å². The summed E-state index contributed by atoms with van der Waals surface area (Å²) in [5, 5.41) is 16.5. The van der Waals surface area contributed by atoms with Gasteiger partial charge in [0.25, 0.3) is 0 Å². The summed E-state index contributed by atoms with van der Waals surface area (Å²) in [6.45, 7) is 0.510. The van der Waals surface area contributed by atoms with Gasteiger partial charge < -0.3 is 5.11 Å². The Hall–Kier alpha value is -1.44. The largest absolute Gasteiger partial charge is 0.390 e. The fourth-order valence-electron chi connectivity index (χ4n) is 2.86. The Bertz CT molecular complexity index is 784. The summed E-state index contributed by atoms with van der Waals surface area (Å²) in [6, 6.07) is 1.86. The van der Waals surface area contributed by atoms with Crippen LogP contribution in [0.4, 0.5) is 0 Å². The molecule has 1 aliphatic rings. The first-order chi connectivity index (χ1) is 10.8. The van der Waals surface area contributed by atoms with Crippen LogP contribution in [0, 0.1) is 0 Å². The molecule has 0 saturated carbocycles. The van der Waals surface area contributed by atoms with Crippen LogP contribution in [0.5, 0.6) is 0 Å². The van der Waals surface area contributed by atoms with Crippen molar-refractivity contribution in [2.75, 3.05) is 5.75 Å². The molecule has 4 rings (SSSR count). The maximum absolute atomic E-state index is 10.2. The van der Waals surface area contributed by atoms with Gasteiger partial charge in [0.05, 0.1) is 12.6 Å². The normalized spacial score (nSPS) is 15.3. The van der Waals surface area contributed by atoms with E-state index in [2.05, 4.69) is 15.1 Å². The second-order valence-electron chi connectivity index (χ2n) is 5.41. The predicted molar refractivity (Wildman–Crippen MR) is 88.4 cm³/mol. The van der Waals surface area contributed by atoms with E-state index in [-0.39, 0.29) is 0 Å². The third-order valence-corrected chi connectivity index (χ3v) is 6.17. The molecule has 5 nitrogen and oxygen atoms in total. The molecule has 114 valence electrons. The molecule has 3 aromatic heterocycles. The second kappa shape index (κ2) is 5.98. The summed E-state index contributed by atoms with van der Waals surface area (Å²) in [6.07, 6.45) is 8.31. The van der Waals surface area contributed by atoms with E-state index < -0.39 is 6.10 Å². The van der Waals surface area contributed by atoms with Gasteiger partial charge in [-0.2, -0.15) is 5.10 Å². The number of hydrogen-bond donors (Lipinski definition) is 1. The van der Waals surface area contributed by atoms with Crippen molar-refractivity contribution in [2.45, 2.75) is 36.9 Å². The van der Waals surface area contributed by atoms with Crippen LogP contribution in [0.2, 0.25) is 0 Å². The molecule has 0 unspecified atom stereocenters. The average molecular weight is 332 g/mol. The van der Waals surface area contributed by atoms with Crippen molar-refractivity contribution in [3.8, 4) is 0 Å². The number of fused-ring (bicyclic) bond motifs is 3. The van der Waals surface area contributed by atoms with Gasteiger partial charge in [0.1, 0.15) is 16.2 Å². The maximum atomic E-state index is 10.2. The molecule has 3 aromatic rings. The first kappa shape index (κ1) is 14.2. The number of aryl methyl sites for hydroxylation is 2. The Morgan fingerprint density at radius 2 is 2.32 bits per heavy atom. The smallest absolute Gasteiger partial charge is 0.128 e. The van der Waals surface area contributed by atoms with Crippen LogP contribution in [-0.2, 0) is 19.4 Å². The van der Waals surface area contributed by atoms with Crippen LogP contribution in [0.15, 0.2) is 29.8 Å². The topological polar surface area (TPSA) is 63.8 Å². The van der Waals surface area contributed by atoms with Gasteiger partial charge in [-0.3, -0.25) is 4.68 Å². The third kappa shape index (κ3) is 2.64. The molecule has 3 heterocycles. The standard InChI is InChI=1S/C15H16N4OS2/c20-10(7-19-6-2-5-18-19)8-21-14-13-11-3-1-4-12(11)22-15(13)17-9-16-14/h2,5-6,9-10,20H,1,3-4,7-8H2/t10-/m1/s1. The number of thioether (sulfide) groups is 1. The lowest BCUT2D eigenvalue weighted by atomic mass is 10.2. The Morgan fingerprint density at radius 3 is 3.18 bits per heavy atom. The highest BCUT2D eigenvalue weighted by Gasteiger charge is 2.21. The monoisotopic (exact) mass is 332 g/mol. The van der Waals surface area contributed by atoms with E-state index in [1.54, 1.807) is 40.3 Å². The number of aliphatic hydroxyl groups excluding tert-OH is 1. The molecule has 0 spiro atoms. The van der Waals surface area contributed by atoms with Crippen molar-refractivity contribution in [2.24, 2.45) is 0 Å². The molecule has 7 heteroatoms. The summed E-state index contributed by atoms with van der Waals surface area (Å²) >= 11 is 3.41. The van der Waals surface area contributed by atoms with Crippen LogP contribution >= 0.6 is 23.1 Å². The highest BCUT2D eigenvalue weighted by Crippen LogP contribution is 2.40. The average Bonchev–Trinajstić information content (AvgIpc) is 3.21. The number of aliphatic hydroxyl groups is 1. The first-order valence-electron chi connectivity index (χ1n) is 7.35. The molecule has 0 aromatic carbocycles. The predicted octanol–water partition coefficient (Wildman–Crippen LogP) is 2.53. The first-order valence-corrected chi connectivity index (χ1v) is 9.15. The van der Waals surface area contributed by atoms with E-state index >= 15 is 0 Å². The van der Waals surface area contributed by atoms with Crippen LogP contribution in [0.25, 0.3) is 10.2 Å². The highest BCUT2D eigenvalue weighted by atomic mass is 32.2. The van der Waals surface area contributed by atoms with E-state index in [0.717, 1.165) is 16.3 Å². The zero-order valence-corrected chi connectivity index (χ0v) is 13.6. The van der Waals surface area contributed by atoms with E-state index in [9.17, 15) is 5.11 Å². The second-order valence-corrected chi connectivity index (χ2v) is 7.50. The molecular formula is C15H16N4OS2. The molecule has 22 heavy (non-hydrogen) atoms. The van der Waals surface area contributed by atoms with Gasteiger partial charge in [0, 0.05) is 28.4 Å². The molecule has 1 atom stereocenters. The number of hydrogen-bond acceptors (Lipinski definition) is 6. The van der Waals surface area contributed by atoms with Crippen molar-refractivity contribution in [1.29, 1.82) is 0 Å². The summed E-state index contributed by atoms with van der Waals surface area (Å²) < 4.78 is 1.75. The maximum Gasteiger partial charge on any atom is 0.128 e. The van der Waals surface area contributed by atoms with Crippen molar-refractivity contribution in [1.82, 2.24) is 19.7 Å². The van der Waals surface area contributed by atoms with E-state index in [1.807, 2.05) is 12.3 Å². The van der Waals surface area contributed by atoms with Crippen molar-refractivity contribution in [3.63, 3.8) is 0 Å². The molecule has 0 bridgehead atoms. The summed E-state index contributed by atoms with van der Waals surface area (Å²) in [7, 11) is 0. The van der Waals surface area contributed by atoms with Gasteiger partial charge >= 0.3 is 0 Å². The minimum Gasteiger partial charge on any atom is -0.390 e. The van der Waals surface area contributed by atoms with Crippen molar-refractivity contribution in [3.05, 3.63) is 35.2 Å². The number of aromatic nitrogens is 4. The lowest BCUT2D eigenvalue weighted by molar-refractivity contribution is 0.173. The molecule has 0 saturated heterocycles. The number of nitrogens with zero attached hydrogens (tertiary/aromatic N) is 4. The number of thiophene rings is 1. The third-order valence-electron chi connectivity index (χ3n) is 3.84. The van der Waals surface area contributed by atoms with Gasteiger partial charge in [-0.05, 0) is 30.9 Å². The van der Waals surface area contributed by atoms with Gasteiger partial charge in [-0.25, -0.2) is 9.97 Å². The van der Waals surface area contributed by atoms with E-state index in [0.29, 0.717) is 12.3 Å². The Kier molecular flexibility index (Phi) is 3.85. The fraction of sp³-hybridized carbons (Fsp3) is 0.400. The molecule has 0 amide bonds. The molecule has 0 radical (unpaired) electrons. The zero-order valence-electron chi connectivity index (χ0n) is 12.0. The Labute approximate surface area is 136 Å². The van der Waals surface area contributed by atoms with E-state index in [1.165, 1.54) is 28.7 Å². The number of rotatable bonds is 5. The van der Waals surface area contributed by atoms with Gasteiger partial charge in [-0.1, -0.05) is 0 Å². The summed E-state index contributed by atoms with van der Waals surface area (Å²) in [4.78, 5) is 11.4. The fourth-order valence-corrected chi connectivity index (χ4v) is 5.10. The molecule has 0 aliphatic heterocycles. The SMILES string of the molecule is O[C@@H](CSc1ncnc2sc3c(c12)CCC3)Cn1cccn1. The van der Waals surface area contributed by atoms with E-state index in [4.69, 9.17) is 0 Å². The van der Waals surface area contributed by atoms with Crippen LogP contribution in [-0.4, -0.2) is 36.7 Å². The van der Waals surface area contributed by atoms with Crippen LogP contribution in [0.3, 0.4) is 0 Å². The minimum atomic E-state index is -0.443. The summed E-state index contributed by atoms with van der Waals surface area (Å²) in [5.74, 6) is 0.608. The lowest BCUT2D eigenvalue weighted by Crippen LogP contribution is -2.18. The molecule has 1 aliphatic carbocycles. The van der Waals surface area contributed by atoms with Crippen LogP contribution < -0.4 is 0 Å². The Morgan fingerprint density at radius 1 is 1.36 bits per heavy atom. The lowest BCUT2D eigenvalue weighted by Gasteiger charge is -2.10. The summed E-state index contributed by atoms with van der Waals surface area (Å²) in [5.41, 5.74) is 1.43. The minimum absolute atomic E-state index is 0.443. The zero-order chi connectivity index (χ0) is 14.9. The molecule has 1 N–H and O–H groups in total. The van der Waals surface area contributed by atoms with Crippen LogP contribution in [0.1, 0.15) is 16.9 Å². The molecule has 0 fully saturated rings. The highest BCUT2D eigenvalue weighted by molar-refractivity contribution is 7.99. The van der Waals surface area contributed by atoms with Crippen molar-refractivity contribution >= 4 is 33.3 Å². The Balaban J connectivity index is 1.52. The quantitative estimate of drug-likeness (QED) is 0.574.